The SMILES string of the molecule is O=C(CC1C(=O)Sc2[nH]c(=O)sc21)c1ccc(Cl)cc1. The molecular formula is C13H8ClNO3S2. The van der Waals surface area contributed by atoms with Gasteiger partial charge in [-0.25, -0.2) is 0 Å². The Balaban J connectivity index is 1.84. The molecule has 2 aromatic rings. The number of thiazole rings is 1. The number of carbonyl (C=O) groups excluding carboxylic acids is 2. The summed E-state index contributed by atoms with van der Waals surface area (Å²) in [5.41, 5.74) is 0.517. The second-order valence-electron chi connectivity index (χ2n) is 4.32. The lowest BCUT2D eigenvalue weighted by Crippen LogP contribution is -2.10. The number of carbonyl (C=O) groups is 2. The highest BCUT2D eigenvalue weighted by atomic mass is 35.5. The monoisotopic (exact) mass is 325 g/mol. The van der Waals surface area contributed by atoms with Crippen LogP contribution in [0.3, 0.4) is 0 Å². The summed E-state index contributed by atoms with van der Waals surface area (Å²) in [4.78, 5) is 38.5. The van der Waals surface area contributed by atoms with Crippen molar-refractivity contribution in [2.24, 2.45) is 0 Å². The third-order valence-corrected chi connectivity index (χ3v) is 5.39. The number of benzene rings is 1. The summed E-state index contributed by atoms with van der Waals surface area (Å²) >= 11 is 7.78. The molecule has 1 aromatic heterocycles. The molecule has 102 valence electrons. The van der Waals surface area contributed by atoms with Crippen LogP contribution in [0.2, 0.25) is 5.02 Å². The number of aromatic amines is 1. The summed E-state index contributed by atoms with van der Waals surface area (Å²) in [6.45, 7) is 0. The van der Waals surface area contributed by atoms with E-state index in [1.807, 2.05) is 0 Å². The lowest BCUT2D eigenvalue weighted by molar-refractivity contribution is -0.111. The predicted molar refractivity (Wildman–Crippen MR) is 78.9 cm³/mol. The molecule has 1 aliphatic rings. The third-order valence-electron chi connectivity index (χ3n) is 3.00. The Labute approximate surface area is 127 Å². The molecule has 3 rings (SSSR count). The van der Waals surface area contributed by atoms with Crippen LogP contribution in [0.1, 0.15) is 27.6 Å². The minimum atomic E-state index is -0.526. The second-order valence-corrected chi connectivity index (χ2v) is 6.78. The van der Waals surface area contributed by atoms with E-state index in [-0.39, 0.29) is 22.2 Å². The quantitative estimate of drug-likeness (QED) is 0.881. The van der Waals surface area contributed by atoms with Gasteiger partial charge in [0.05, 0.1) is 15.8 Å². The van der Waals surface area contributed by atoms with E-state index in [1.54, 1.807) is 24.3 Å². The maximum atomic E-state index is 12.2. The van der Waals surface area contributed by atoms with E-state index >= 15 is 0 Å². The standard InChI is InChI=1S/C13H8ClNO3S2/c14-7-3-1-6(2-4-7)9(16)5-8-10-11(20-12(8)17)15-13(18)19-10/h1-4,8H,5H2,(H,15,18). The molecule has 4 nitrogen and oxygen atoms in total. The third kappa shape index (κ3) is 2.46. The Kier molecular flexibility index (Phi) is 3.54. The van der Waals surface area contributed by atoms with Crippen molar-refractivity contribution in [2.45, 2.75) is 17.4 Å². The van der Waals surface area contributed by atoms with Crippen molar-refractivity contribution < 1.29 is 9.59 Å². The van der Waals surface area contributed by atoms with Gasteiger partial charge in [0.15, 0.2) is 5.78 Å². The normalized spacial score (nSPS) is 17.2. The van der Waals surface area contributed by atoms with Gasteiger partial charge in [-0.1, -0.05) is 22.9 Å². The maximum Gasteiger partial charge on any atom is 0.305 e. The molecule has 0 aliphatic carbocycles. The first-order valence-corrected chi connectivity index (χ1v) is 7.79. The number of aromatic nitrogens is 1. The first-order chi connectivity index (χ1) is 9.54. The van der Waals surface area contributed by atoms with Gasteiger partial charge >= 0.3 is 4.87 Å². The van der Waals surface area contributed by atoms with Crippen LogP contribution in [0.5, 0.6) is 0 Å². The zero-order valence-corrected chi connectivity index (χ0v) is 12.4. The van der Waals surface area contributed by atoms with Crippen LogP contribution in [-0.4, -0.2) is 15.9 Å². The van der Waals surface area contributed by atoms with E-state index in [1.165, 1.54) is 0 Å². The number of thioether (sulfide) groups is 1. The molecule has 1 aromatic carbocycles. The molecular weight excluding hydrogens is 318 g/mol. The summed E-state index contributed by atoms with van der Waals surface area (Å²) in [6.07, 6.45) is 0.0776. The Morgan fingerprint density at radius 1 is 1.25 bits per heavy atom. The van der Waals surface area contributed by atoms with Crippen LogP contribution in [0, 0.1) is 0 Å². The first-order valence-electron chi connectivity index (χ1n) is 5.78. The van der Waals surface area contributed by atoms with Crippen molar-refractivity contribution in [1.29, 1.82) is 0 Å². The van der Waals surface area contributed by atoms with Crippen molar-refractivity contribution in [3.63, 3.8) is 0 Å². The highest BCUT2D eigenvalue weighted by Crippen LogP contribution is 2.43. The molecule has 0 amide bonds. The zero-order valence-electron chi connectivity index (χ0n) is 10.0. The molecule has 1 N–H and O–H groups in total. The van der Waals surface area contributed by atoms with Crippen molar-refractivity contribution in [3.05, 3.63) is 49.4 Å². The number of fused-ring (bicyclic) bond motifs is 1. The van der Waals surface area contributed by atoms with Gasteiger partial charge in [0.25, 0.3) is 0 Å². The van der Waals surface area contributed by atoms with Crippen LogP contribution < -0.4 is 4.87 Å². The number of halogens is 1. The number of Topliss-reactive ketones (excluding diaryl/α,β-unsaturated/α-hetero) is 1. The molecule has 0 fully saturated rings. The van der Waals surface area contributed by atoms with E-state index in [4.69, 9.17) is 11.6 Å². The van der Waals surface area contributed by atoms with E-state index in [9.17, 15) is 14.4 Å². The summed E-state index contributed by atoms with van der Waals surface area (Å²) in [5, 5.41) is 1.05. The topological polar surface area (TPSA) is 67.0 Å². The second kappa shape index (κ2) is 5.20. The molecule has 0 saturated heterocycles. The van der Waals surface area contributed by atoms with Crippen molar-refractivity contribution in [3.8, 4) is 0 Å². The van der Waals surface area contributed by atoms with Gasteiger partial charge in [-0.15, -0.1) is 0 Å². The van der Waals surface area contributed by atoms with Gasteiger partial charge < -0.3 is 4.98 Å². The van der Waals surface area contributed by atoms with Crippen molar-refractivity contribution in [1.82, 2.24) is 4.98 Å². The minimum absolute atomic E-state index is 0.0776. The molecule has 0 spiro atoms. The molecule has 1 aliphatic heterocycles. The number of H-pyrrole nitrogens is 1. The summed E-state index contributed by atoms with van der Waals surface area (Å²) in [7, 11) is 0. The molecule has 1 unspecified atom stereocenters. The van der Waals surface area contributed by atoms with Crippen molar-refractivity contribution >= 4 is 45.6 Å². The summed E-state index contributed by atoms with van der Waals surface area (Å²) < 4.78 is 0. The molecule has 2 heterocycles. The average molecular weight is 326 g/mol. The fourth-order valence-electron chi connectivity index (χ4n) is 2.03. The van der Waals surface area contributed by atoms with Crippen LogP contribution in [0.4, 0.5) is 0 Å². The molecule has 1 atom stereocenters. The van der Waals surface area contributed by atoms with Crippen LogP contribution in [0.15, 0.2) is 34.1 Å². The highest BCUT2D eigenvalue weighted by Gasteiger charge is 2.36. The summed E-state index contributed by atoms with van der Waals surface area (Å²) in [5.74, 6) is -0.656. The molecule has 7 heteroatoms. The van der Waals surface area contributed by atoms with Gasteiger partial charge in [0.1, 0.15) is 0 Å². The predicted octanol–water partition coefficient (Wildman–Crippen LogP) is 3.08. The van der Waals surface area contributed by atoms with Crippen molar-refractivity contribution in [2.75, 3.05) is 0 Å². The fraction of sp³-hybridized carbons (Fsp3) is 0.154. The van der Waals surface area contributed by atoms with Crippen LogP contribution >= 0.6 is 34.7 Å². The molecule has 20 heavy (non-hydrogen) atoms. The van der Waals surface area contributed by atoms with Gasteiger partial charge in [0, 0.05) is 17.0 Å². The van der Waals surface area contributed by atoms with E-state index < -0.39 is 5.92 Å². The number of ketones is 1. The maximum absolute atomic E-state index is 12.2. The fourth-order valence-corrected chi connectivity index (χ4v) is 4.30. The Hall–Kier alpha value is -1.37. The van der Waals surface area contributed by atoms with Crippen LogP contribution in [-0.2, 0) is 4.79 Å². The number of nitrogens with one attached hydrogen (secondary N) is 1. The average Bonchev–Trinajstić information content (AvgIpc) is 2.88. The Bertz CT molecular complexity index is 748. The van der Waals surface area contributed by atoms with Gasteiger partial charge in [0.2, 0.25) is 5.12 Å². The minimum Gasteiger partial charge on any atom is -0.307 e. The molecule has 0 saturated carbocycles. The lowest BCUT2D eigenvalue weighted by atomic mass is 9.98. The van der Waals surface area contributed by atoms with Crippen LogP contribution in [0.25, 0.3) is 0 Å². The Morgan fingerprint density at radius 3 is 2.65 bits per heavy atom. The number of hydrogen-bond donors (Lipinski definition) is 1. The highest BCUT2D eigenvalue weighted by molar-refractivity contribution is 8.14. The van der Waals surface area contributed by atoms with E-state index in [0.29, 0.717) is 20.5 Å². The van der Waals surface area contributed by atoms with Gasteiger partial charge in [-0.3, -0.25) is 14.4 Å². The molecule has 0 radical (unpaired) electrons. The van der Waals surface area contributed by atoms with Gasteiger partial charge in [-0.2, -0.15) is 0 Å². The Morgan fingerprint density at radius 2 is 1.95 bits per heavy atom. The smallest absolute Gasteiger partial charge is 0.305 e. The zero-order chi connectivity index (χ0) is 14.3. The van der Waals surface area contributed by atoms with Gasteiger partial charge in [-0.05, 0) is 36.0 Å². The van der Waals surface area contributed by atoms with E-state index in [0.717, 1.165) is 23.1 Å². The van der Waals surface area contributed by atoms with E-state index in [2.05, 4.69) is 4.98 Å². The summed E-state index contributed by atoms with van der Waals surface area (Å²) in [6, 6.07) is 6.55. The number of rotatable bonds is 3. The number of hydrogen-bond acceptors (Lipinski definition) is 5. The lowest BCUT2D eigenvalue weighted by Gasteiger charge is -2.06. The first kappa shape index (κ1) is 13.6. The molecule has 0 bridgehead atoms. The largest absolute Gasteiger partial charge is 0.307 e.